The van der Waals surface area contributed by atoms with Crippen LogP contribution in [-0.4, -0.2) is 17.5 Å². The van der Waals surface area contributed by atoms with Crippen LogP contribution in [0.5, 0.6) is 0 Å². The third-order valence-electron chi connectivity index (χ3n) is 4.94. The second-order valence-electron chi connectivity index (χ2n) is 7.08. The van der Waals surface area contributed by atoms with E-state index in [9.17, 15) is 18.4 Å². The molecule has 0 radical (unpaired) electrons. The molecule has 0 fully saturated rings. The topological polar surface area (TPSA) is 55.4 Å². The van der Waals surface area contributed by atoms with Gasteiger partial charge in [-0.25, -0.2) is 13.6 Å². The number of hydrogen-bond donors (Lipinski definition) is 1. The van der Waals surface area contributed by atoms with Crippen molar-refractivity contribution in [3.8, 4) is 11.1 Å². The minimum atomic E-state index is -1.53. The molecule has 3 aromatic rings. The Balaban J connectivity index is 1.70. The van der Waals surface area contributed by atoms with Gasteiger partial charge in [0, 0.05) is 18.1 Å². The Morgan fingerprint density at radius 3 is 2.45 bits per heavy atom. The summed E-state index contributed by atoms with van der Waals surface area (Å²) < 4.78 is 33.9. The highest BCUT2D eigenvalue weighted by Gasteiger charge is 2.43. The minimum absolute atomic E-state index is 0.143. The predicted octanol–water partition coefficient (Wildman–Crippen LogP) is 4.74. The van der Waals surface area contributed by atoms with E-state index >= 15 is 0 Å². The van der Waals surface area contributed by atoms with Crippen LogP contribution in [0.15, 0.2) is 66.7 Å². The summed E-state index contributed by atoms with van der Waals surface area (Å²) in [6.07, 6.45) is 0.143. The fourth-order valence-corrected chi connectivity index (χ4v) is 3.45. The van der Waals surface area contributed by atoms with E-state index in [0.29, 0.717) is 22.8 Å². The van der Waals surface area contributed by atoms with Crippen LogP contribution < -0.4 is 5.32 Å². The van der Waals surface area contributed by atoms with Crippen LogP contribution in [0.1, 0.15) is 22.8 Å². The minimum Gasteiger partial charge on any atom is -0.445 e. The first-order chi connectivity index (χ1) is 13.9. The van der Waals surface area contributed by atoms with E-state index < -0.39 is 29.1 Å². The van der Waals surface area contributed by atoms with E-state index in [1.165, 1.54) is 6.92 Å². The maximum absolute atomic E-state index is 14.6. The fraction of sp³-hybridized carbons (Fsp3) is 0.130. The third-order valence-corrected chi connectivity index (χ3v) is 4.94. The molecular formula is C23H17F2NO3. The molecule has 1 aliphatic rings. The zero-order valence-electron chi connectivity index (χ0n) is 15.5. The zero-order chi connectivity index (χ0) is 20.6. The molecule has 4 rings (SSSR count). The lowest BCUT2D eigenvalue weighted by Gasteiger charge is -2.33. The quantitative estimate of drug-likeness (QED) is 0.654. The molecule has 1 atom stereocenters. The van der Waals surface area contributed by atoms with E-state index in [-0.39, 0.29) is 17.7 Å². The standard InChI is InChI=1S/C23H17F2NO3/c1-23(13-15-9-5-6-10-17(15)21(27)29-23)22(28)26-20-18(11-16(24)12-19(20)25)14-7-3-2-4-8-14/h2-12H,13H2,1H3,(H,26,28). The number of fused-ring (bicyclic) bond motifs is 1. The molecule has 0 spiro atoms. The van der Waals surface area contributed by atoms with Gasteiger partial charge in [-0.15, -0.1) is 0 Å². The van der Waals surface area contributed by atoms with Crippen LogP contribution in [-0.2, 0) is 16.0 Å². The first kappa shape index (κ1) is 18.8. The Bertz CT molecular complexity index is 1110. The van der Waals surface area contributed by atoms with Crippen LogP contribution in [0.2, 0.25) is 0 Å². The number of carbonyl (C=O) groups excluding carboxylic acids is 2. The molecule has 1 N–H and O–H groups in total. The Labute approximate surface area is 166 Å². The molecule has 0 bridgehead atoms. The van der Waals surface area contributed by atoms with Gasteiger partial charge in [-0.2, -0.15) is 0 Å². The molecule has 1 heterocycles. The largest absolute Gasteiger partial charge is 0.445 e. The fourth-order valence-electron chi connectivity index (χ4n) is 3.45. The maximum Gasteiger partial charge on any atom is 0.339 e. The van der Waals surface area contributed by atoms with Crippen molar-refractivity contribution >= 4 is 17.6 Å². The highest BCUT2D eigenvalue weighted by Crippen LogP contribution is 2.34. The molecule has 1 amide bonds. The van der Waals surface area contributed by atoms with Crippen LogP contribution in [0, 0.1) is 11.6 Å². The van der Waals surface area contributed by atoms with Crippen molar-refractivity contribution in [3.63, 3.8) is 0 Å². The highest BCUT2D eigenvalue weighted by molar-refractivity contribution is 6.04. The lowest BCUT2D eigenvalue weighted by atomic mass is 9.89. The van der Waals surface area contributed by atoms with Gasteiger partial charge >= 0.3 is 5.97 Å². The van der Waals surface area contributed by atoms with Gasteiger partial charge in [0.05, 0.1) is 11.3 Å². The van der Waals surface area contributed by atoms with Gasteiger partial charge < -0.3 is 10.1 Å². The molecule has 146 valence electrons. The number of benzene rings is 3. The Morgan fingerprint density at radius 2 is 1.69 bits per heavy atom. The molecule has 0 aliphatic carbocycles. The van der Waals surface area contributed by atoms with Crippen molar-refractivity contribution in [2.45, 2.75) is 18.9 Å². The Hall–Kier alpha value is -3.54. The van der Waals surface area contributed by atoms with Crippen molar-refractivity contribution in [3.05, 3.63) is 89.5 Å². The lowest BCUT2D eigenvalue weighted by molar-refractivity contribution is -0.134. The average molecular weight is 393 g/mol. The molecule has 0 saturated heterocycles. The van der Waals surface area contributed by atoms with Crippen molar-refractivity contribution < 1.29 is 23.1 Å². The van der Waals surface area contributed by atoms with Gasteiger partial charge in [-0.3, -0.25) is 4.79 Å². The highest BCUT2D eigenvalue weighted by atomic mass is 19.1. The number of cyclic esters (lactones) is 1. The van der Waals surface area contributed by atoms with Crippen LogP contribution >= 0.6 is 0 Å². The smallest absolute Gasteiger partial charge is 0.339 e. The van der Waals surface area contributed by atoms with Crippen molar-refractivity contribution in [2.75, 3.05) is 5.32 Å². The second-order valence-corrected chi connectivity index (χ2v) is 7.08. The SMILES string of the molecule is CC1(C(=O)Nc2c(F)cc(F)cc2-c2ccccc2)Cc2ccccc2C(=O)O1. The number of nitrogens with one attached hydrogen (secondary N) is 1. The second kappa shape index (κ2) is 7.13. The van der Waals surface area contributed by atoms with E-state index in [0.717, 1.165) is 6.07 Å². The molecule has 1 unspecified atom stereocenters. The average Bonchev–Trinajstić information content (AvgIpc) is 2.70. The zero-order valence-corrected chi connectivity index (χ0v) is 15.5. The first-order valence-electron chi connectivity index (χ1n) is 9.04. The summed E-state index contributed by atoms with van der Waals surface area (Å²) in [5.41, 5.74) is 0.110. The van der Waals surface area contributed by atoms with E-state index in [4.69, 9.17) is 4.74 Å². The Kier molecular flexibility index (Phi) is 4.62. The first-order valence-corrected chi connectivity index (χ1v) is 9.04. The number of anilines is 1. The van der Waals surface area contributed by atoms with Crippen LogP contribution in [0.25, 0.3) is 11.1 Å². The maximum atomic E-state index is 14.6. The molecule has 6 heteroatoms. The molecule has 29 heavy (non-hydrogen) atoms. The van der Waals surface area contributed by atoms with Gasteiger partial charge in [0.2, 0.25) is 0 Å². The number of hydrogen-bond acceptors (Lipinski definition) is 3. The van der Waals surface area contributed by atoms with Crippen molar-refractivity contribution in [2.24, 2.45) is 0 Å². The van der Waals surface area contributed by atoms with Gasteiger partial charge in [-0.1, -0.05) is 48.5 Å². The summed E-state index contributed by atoms with van der Waals surface area (Å²) in [5, 5.41) is 2.51. The molecule has 1 aliphatic heterocycles. The van der Waals surface area contributed by atoms with Crippen molar-refractivity contribution in [1.82, 2.24) is 0 Å². The number of carbonyl (C=O) groups is 2. The number of esters is 1. The van der Waals surface area contributed by atoms with Gasteiger partial charge in [0.15, 0.2) is 5.60 Å². The number of halogens is 2. The molecule has 4 nitrogen and oxygen atoms in total. The van der Waals surface area contributed by atoms with Gasteiger partial charge in [-0.05, 0) is 30.2 Å². The molecular weight excluding hydrogens is 376 g/mol. The van der Waals surface area contributed by atoms with Crippen LogP contribution in [0.3, 0.4) is 0 Å². The molecule has 3 aromatic carbocycles. The van der Waals surface area contributed by atoms with Crippen molar-refractivity contribution in [1.29, 1.82) is 0 Å². The summed E-state index contributed by atoms with van der Waals surface area (Å²) >= 11 is 0. The summed E-state index contributed by atoms with van der Waals surface area (Å²) in [4.78, 5) is 25.3. The Morgan fingerprint density at radius 1 is 1.00 bits per heavy atom. The summed E-state index contributed by atoms with van der Waals surface area (Å²) in [7, 11) is 0. The van der Waals surface area contributed by atoms with Gasteiger partial charge in [0.25, 0.3) is 5.91 Å². The molecule has 0 saturated carbocycles. The summed E-state index contributed by atoms with van der Waals surface area (Å²) in [6.45, 7) is 1.47. The lowest BCUT2D eigenvalue weighted by Crippen LogP contribution is -2.49. The van der Waals surface area contributed by atoms with Gasteiger partial charge in [0.1, 0.15) is 11.6 Å². The number of ether oxygens (including phenoxy) is 1. The summed E-state index contributed by atoms with van der Waals surface area (Å²) in [6, 6.07) is 17.3. The van der Waals surface area contributed by atoms with E-state index in [2.05, 4.69) is 5.32 Å². The predicted molar refractivity (Wildman–Crippen MR) is 104 cm³/mol. The monoisotopic (exact) mass is 393 g/mol. The summed E-state index contributed by atoms with van der Waals surface area (Å²) in [5.74, 6) is -2.98. The normalized spacial score (nSPS) is 18.0. The molecule has 0 aromatic heterocycles. The van der Waals surface area contributed by atoms with E-state index in [1.54, 1.807) is 54.6 Å². The number of amides is 1. The number of rotatable bonds is 3. The van der Waals surface area contributed by atoms with Crippen LogP contribution in [0.4, 0.5) is 14.5 Å². The third kappa shape index (κ3) is 3.49. The van der Waals surface area contributed by atoms with E-state index in [1.807, 2.05) is 0 Å².